The lowest BCUT2D eigenvalue weighted by molar-refractivity contribution is -0.131. The van der Waals surface area contributed by atoms with Gasteiger partial charge in [0.25, 0.3) is 0 Å². The van der Waals surface area contributed by atoms with Gasteiger partial charge in [0.2, 0.25) is 5.91 Å². The first kappa shape index (κ1) is 8.27. The van der Waals surface area contributed by atoms with Crippen molar-refractivity contribution in [2.75, 3.05) is 19.7 Å². The van der Waals surface area contributed by atoms with Crippen molar-refractivity contribution in [3.8, 4) is 0 Å². The predicted molar refractivity (Wildman–Crippen MR) is 42.0 cm³/mol. The highest BCUT2D eigenvalue weighted by Crippen LogP contribution is 2.02. The second kappa shape index (κ2) is 4.13. The predicted octanol–water partition coefficient (Wildman–Crippen LogP) is 0.157. The highest BCUT2D eigenvalue weighted by molar-refractivity contribution is 5.76. The summed E-state index contributed by atoms with van der Waals surface area (Å²) in [5.74, 6) is 0.0526. The van der Waals surface area contributed by atoms with Crippen LogP contribution in [0.1, 0.15) is 12.8 Å². The molecule has 1 heterocycles. The van der Waals surface area contributed by atoms with Crippen molar-refractivity contribution in [2.24, 2.45) is 0 Å². The minimum Gasteiger partial charge on any atom is -0.396 e. The Hall–Kier alpha value is -0.830. The largest absolute Gasteiger partial charge is 0.396 e. The Morgan fingerprint density at radius 1 is 1.55 bits per heavy atom. The van der Waals surface area contributed by atoms with Crippen molar-refractivity contribution in [1.82, 2.24) is 4.90 Å². The van der Waals surface area contributed by atoms with Crippen molar-refractivity contribution in [3.63, 3.8) is 0 Å². The van der Waals surface area contributed by atoms with Crippen molar-refractivity contribution >= 4 is 5.91 Å². The van der Waals surface area contributed by atoms with E-state index in [-0.39, 0.29) is 18.9 Å². The molecule has 1 aliphatic heterocycles. The normalized spacial score (nSPS) is 17.0. The lowest BCUT2D eigenvalue weighted by atomic mass is 10.2. The zero-order chi connectivity index (χ0) is 8.10. The maximum atomic E-state index is 11.1. The number of aliphatic hydroxyl groups excluding tert-OH is 1. The Morgan fingerprint density at radius 3 is 2.91 bits per heavy atom. The van der Waals surface area contributed by atoms with E-state index < -0.39 is 0 Å². The molecule has 0 radical (unpaired) electrons. The van der Waals surface area contributed by atoms with Crippen LogP contribution in [0.2, 0.25) is 0 Å². The Labute approximate surface area is 66.3 Å². The Bertz CT molecular complexity index is 165. The fraction of sp³-hybridized carbons (Fsp3) is 0.625. The van der Waals surface area contributed by atoms with Crippen LogP contribution in [0.15, 0.2) is 12.2 Å². The number of amides is 1. The van der Waals surface area contributed by atoms with Gasteiger partial charge in [0.15, 0.2) is 0 Å². The summed E-state index contributed by atoms with van der Waals surface area (Å²) in [4.78, 5) is 12.9. The summed E-state index contributed by atoms with van der Waals surface area (Å²) in [5, 5.41) is 8.50. The van der Waals surface area contributed by atoms with Crippen LogP contribution in [0, 0.1) is 0 Å². The van der Waals surface area contributed by atoms with E-state index in [2.05, 4.69) is 6.08 Å². The summed E-state index contributed by atoms with van der Waals surface area (Å²) in [6.45, 7) is 1.47. The molecule has 3 heteroatoms. The van der Waals surface area contributed by atoms with Gasteiger partial charge in [0.05, 0.1) is 6.61 Å². The van der Waals surface area contributed by atoms with E-state index in [1.807, 2.05) is 6.08 Å². The molecular formula is C8H13NO2. The van der Waals surface area contributed by atoms with E-state index in [1.54, 1.807) is 4.90 Å². The highest BCUT2D eigenvalue weighted by Gasteiger charge is 2.11. The van der Waals surface area contributed by atoms with Crippen LogP contribution in [0.25, 0.3) is 0 Å². The van der Waals surface area contributed by atoms with E-state index in [0.717, 1.165) is 13.0 Å². The van der Waals surface area contributed by atoms with Crippen LogP contribution < -0.4 is 0 Å². The molecule has 0 unspecified atom stereocenters. The highest BCUT2D eigenvalue weighted by atomic mass is 16.3. The van der Waals surface area contributed by atoms with Crippen LogP contribution in [0.3, 0.4) is 0 Å². The van der Waals surface area contributed by atoms with Crippen LogP contribution in [-0.2, 0) is 4.79 Å². The van der Waals surface area contributed by atoms with Gasteiger partial charge in [-0.2, -0.15) is 0 Å². The van der Waals surface area contributed by atoms with Gasteiger partial charge in [-0.05, 0) is 6.42 Å². The molecule has 0 aromatic carbocycles. The van der Waals surface area contributed by atoms with Gasteiger partial charge in [-0.25, -0.2) is 0 Å². The monoisotopic (exact) mass is 155 g/mol. The number of hydrogen-bond donors (Lipinski definition) is 1. The third kappa shape index (κ3) is 2.35. The maximum Gasteiger partial charge on any atom is 0.225 e. The third-order valence-corrected chi connectivity index (χ3v) is 1.74. The Kier molecular flexibility index (Phi) is 3.11. The summed E-state index contributed by atoms with van der Waals surface area (Å²) in [6, 6.07) is 0. The van der Waals surface area contributed by atoms with Crippen molar-refractivity contribution in [2.45, 2.75) is 12.8 Å². The van der Waals surface area contributed by atoms with Gasteiger partial charge >= 0.3 is 0 Å². The molecule has 0 saturated carbocycles. The van der Waals surface area contributed by atoms with E-state index >= 15 is 0 Å². The topological polar surface area (TPSA) is 40.5 Å². The van der Waals surface area contributed by atoms with E-state index in [0.29, 0.717) is 6.54 Å². The maximum absolute atomic E-state index is 11.1. The van der Waals surface area contributed by atoms with Crippen molar-refractivity contribution in [3.05, 3.63) is 12.2 Å². The van der Waals surface area contributed by atoms with E-state index in [1.165, 1.54) is 0 Å². The molecule has 0 bridgehead atoms. The van der Waals surface area contributed by atoms with Crippen LogP contribution >= 0.6 is 0 Å². The fourth-order valence-corrected chi connectivity index (χ4v) is 1.12. The summed E-state index contributed by atoms with van der Waals surface area (Å²) < 4.78 is 0. The van der Waals surface area contributed by atoms with Gasteiger partial charge in [-0.3, -0.25) is 4.79 Å². The van der Waals surface area contributed by atoms with Gasteiger partial charge in [0.1, 0.15) is 0 Å². The van der Waals surface area contributed by atoms with Gasteiger partial charge in [-0.15, -0.1) is 0 Å². The van der Waals surface area contributed by atoms with E-state index in [9.17, 15) is 4.79 Å². The number of carbonyl (C=O) groups is 1. The van der Waals surface area contributed by atoms with Crippen LogP contribution in [0.4, 0.5) is 0 Å². The van der Waals surface area contributed by atoms with Crippen LogP contribution in [-0.4, -0.2) is 35.6 Å². The van der Waals surface area contributed by atoms with Gasteiger partial charge in [-0.1, -0.05) is 12.2 Å². The molecule has 0 aromatic rings. The third-order valence-electron chi connectivity index (χ3n) is 1.74. The van der Waals surface area contributed by atoms with E-state index in [4.69, 9.17) is 5.11 Å². The molecule has 0 fully saturated rings. The molecule has 0 saturated heterocycles. The minimum atomic E-state index is -0.0426. The summed E-state index contributed by atoms with van der Waals surface area (Å²) in [5.41, 5.74) is 0. The second-order valence-electron chi connectivity index (χ2n) is 2.57. The smallest absolute Gasteiger partial charge is 0.225 e. The van der Waals surface area contributed by atoms with Crippen molar-refractivity contribution in [1.29, 1.82) is 0 Å². The fourth-order valence-electron chi connectivity index (χ4n) is 1.12. The Morgan fingerprint density at radius 2 is 2.36 bits per heavy atom. The zero-order valence-corrected chi connectivity index (χ0v) is 6.49. The molecule has 1 N–H and O–H groups in total. The average Bonchev–Trinajstić information content (AvgIpc) is 2.07. The second-order valence-corrected chi connectivity index (χ2v) is 2.57. The molecule has 0 aromatic heterocycles. The number of hydrogen-bond acceptors (Lipinski definition) is 2. The first-order chi connectivity index (χ1) is 5.34. The SMILES string of the molecule is O=C(CCO)N1CC=CCC1. The lowest BCUT2D eigenvalue weighted by Gasteiger charge is -2.22. The Balaban J connectivity index is 2.34. The number of rotatable bonds is 2. The summed E-state index contributed by atoms with van der Waals surface area (Å²) >= 11 is 0. The molecule has 1 rings (SSSR count). The summed E-state index contributed by atoms with van der Waals surface area (Å²) in [7, 11) is 0. The molecule has 3 nitrogen and oxygen atoms in total. The number of nitrogens with zero attached hydrogens (tertiary/aromatic N) is 1. The molecule has 1 aliphatic rings. The average molecular weight is 155 g/mol. The van der Waals surface area contributed by atoms with Gasteiger partial charge < -0.3 is 10.0 Å². The molecule has 11 heavy (non-hydrogen) atoms. The molecule has 1 amide bonds. The van der Waals surface area contributed by atoms with Crippen LogP contribution in [0.5, 0.6) is 0 Å². The molecule has 0 spiro atoms. The van der Waals surface area contributed by atoms with Crippen molar-refractivity contribution < 1.29 is 9.90 Å². The molecule has 0 atom stereocenters. The zero-order valence-electron chi connectivity index (χ0n) is 6.49. The standard InChI is InChI=1S/C8H13NO2/c10-7-4-8(11)9-5-2-1-3-6-9/h1-2,10H,3-7H2. The summed E-state index contributed by atoms with van der Waals surface area (Å²) in [6.07, 6.45) is 5.26. The minimum absolute atomic E-state index is 0.0426. The number of aliphatic hydroxyl groups is 1. The molecular weight excluding hydrogens is 142 g/mol. The number of carbonyl (C=O) groups excluding carboxylic acids is 1. The quantitative estimate of drug-likeness (QED) is 0.577. The molecule has 62 valence electrons. The first-order valence-corrected chi connectivity index (χ1v) is 3.88. The van der Waals surface area contributed by atoms with Gasteiger partial charge in [0, 0.05) is 19.5 Å². The lowest BCUT2D eigenvalue weighted by Crippen LogP contribution is -2.34. The molecule has 0 aliphatic carbocycles. The first-order valence-electron chi connectivity index (χ1n) is 3.88.